The monoisotopic (exact) mass is 680 g/mol. The number of carbonyl (C=O) groups excluding carboxylic acids is 1. The molecule has 9 nitrogen and oxygen atoms in total. The summed E-state index contributed by atoms with van der Waals surface area (Å²) in [5, 5.41) is -0.0773. The highest BCUT2D eigenvalue weighted by atomic mass is 28.4. The molecule has 0 spiro atoms. The molecule has 0 aliphatic carbocycles. The fourth-order valence-corrected chi connectivity index (χ4v) is 7.59. The van der Waals surface area contributed by atoms with Gasteiger partial charge in [0.2, 0.25) is 0 Å². The molecule has 1 aromatic heterocycles. The summed E-state index contributed by atoms with van der Waals surface area (Å²) in [5.74, 6) is -0.128. The number of ether oxygens (including phenoxy) is 2. The first kappa shape index (κ1) is 36.7. The van der Waals surface area contributed by atoms with E-state index in [0.29, 0.717) is 30.0 Å². The maximum absolute atomic E-state index is 14.5. The SMILES string of the molecule is COc1cccc(-c2c(C)c(=O)n(C(=O)c3ccccc3)c(=O)n2[C@H]2C[C@H](O[Si](C)(C)C(C)(C)C)[C@@H](CO[Si](C)(C)C(C)(C)C)O2)c1. The van der Waals surface area contributed by atoms with Gasteiger partial charge in [0.15, 0.2) is 16.6 Å². The molecule has 1 fully saturated rings. The van der Waals surface area contributed by atoms with Crippen LogP contribution < -0.4 is 16.0 Å². The van der Waals surface area contributed by atoms with Crippen molar-refractivity contribution in [2.75, 3.05) is 13.7 Å². The maximum atomic E-state index is 14.5. The third-order valence-corrected chi connectivity index (χ3v) is 19.2. The number of rotatable bonds is 9. The summed E-state index contributed by atoms with van der Waals surface area (Å²) in [6.07, 6.45) is -1.34. The summed E-state index contributed by atoms with van der Waals surface area (Å²) in [5.41, 5.74) is 0.00412. The minimum absolute atomic E-state index is 0.0122. The molecular weight excluding hydrogens is 629 g/mol. The Labute approximate surface area is 281 Å². The van der Waals surface area contributed by atoms with Crippen LogP contribution in [0.25, 0.3) is 11.3 Å². The molecule has 11 heteroatoms. The van der Waals surface area contributed by atoms with Crippen LogP contribution in [0.4, 0.5) is 0 Å². The lowest BCUT2D eigenvalue weighted by Crippen LogP contribution is -2.48. The molecule has 256 valence electrons. The Kier molecular flexibility index (Phi) is 10.5. The molecule has 3 atom stereocenters. The minimum Gasteiger partial charge on any atom is -0.497 e. The number of hydrogen-bond donors (Lipinski definition) is 0. The Morgan fingerprint density at radius 1 is 0.915 bits per heavy atom. The summed E-state index contributed by atoms with van der Waals surface area (Å²) in [6.45, 7) is 23.9. The predicted molar refractivity (Wildman–Crippen MR) is 192 cm³/mol. The lowest BCUT2D eigenvalue weighted by molar-refractivity contribution is -0.0409. The molecule has 3 aromatic rings. The second kappa shape index (κ2) is 13.4. The minimum atomic E-state index is -2.29. The van der Waals surface area contributed by atoms with E-state index in [1.807, 2.05) is 6.07 Å². The quantitative estimate of drug-likeness (QED) is 0.218. The molecule has 0 bridgehead atoms. The van der Waals surface area contributed by atoms with Crippen molar-refractivity contribution in [3.05, 3.63) is 86.6 Å². The lowest BCUT2D eigenvalue weighted by atomic mass is 10.1. The van der Waals surface area contributed by atoms with Gasteiger partial charge in [-0.25, -0.2) is 4.79 Å². The summed E-state index contributed by atoms with van der Waals surface area (Å²) < 4.78 is 28.1. The van der Waals surface area contributed by atoms with E-state index in [4.69, 9.17) is 18.3 Å². The van der Waals surface area contributed by atoms with Gasteiger partial charge in [0, 0.05) is 23.1 Å². The average molecular weight is 681 g/mol. The van der Waals surface area contributed by atoms with E-state index in [-0.39, 0.29) is 27.3 Å². The van der Waals surface area contributed by atoms with Gasteiger partial charge in [-0.3, -0.25) is 14.2 Å². The second-order valence-corrected chi connectivity index (χ2v) is 25.1. The molecule has 47 heavy (non-hydrogen) atoms. The van der Waals surface area contributed by atoms with E-state index in [1.54, 1.807) is 62.6 Å². The highest BCUT2D eigenvalue weighted by Gasteiger charge is 2.47. The van der Waals surface area contributed by atoms with Crippen LogP contribution in [0.1, 0.15) is 70.1 Å². The Hall–Kier alpha value is -3.10. The van der Waals surface area contributed by atoms with Crippen LogP contribution >= 0.6 is 0 Å². The Balaban J connectivity index is 1.91. The standard InChI is InChI=1S/C36H52N2O7Si2/c1-24-31(26-19-16-20-27(21-26)42-8)37(34(41)38(32(24)39)33(40)25-17-14-13-15-18-25)30-22-28(45-47(11,12)36(5,6)7)29(44-30)23-43-46(9,10)35(2,3)4/h13-21,28-30H,22-23H2,1-12H3/t28-,29+,30+/m0/s1. The molecule has 2 aromatic carbocycles. The number of nitrogens with zero attached hydrogens (tertiary/aromatic N) is 2. The first-order valence-electron chi connectivity index (χ1n) is 16.3. The topological polar surface area (TPSA) is 98.0 Å². The molecule has 1 aliphatic heterocycles. The van der Waals surface area contributed by atoms with Crippen molar-refractivity contribution in [3.8, 4) is 17.0 Å². The Morgan fingerprint density at radius 3 is 2.11 bits per heavy atom. The molecule has 0 saturated carbocycles. The number of benzene rings is 2. The van der Waals surface area contributed by atoms with Gasteiger partial charge < -0.3 is 18.3 Å². The van der Waals surface area contributed by atoms with E-state index in [0.717, 1.165) is 4.57 Å². The van der Waals surface area contributed by atoms with Crippen molar-refractivity contribution in [2.24, 2.45) is 0 Å². The fourth-order valence-electron chi connectivity index (χ4n) is 5.22. The van der Waals surface area contributed by atoms with E-state index < -0.39 is 46.1 Å². The van der Waals surface area contributed by atoms with E-state index >= 15 is 0 Å². The first-order chi connectivity index (χ1) is 21.7. The van der Waals surface area contributed by atoms with Crippen molar-refractivity contribution in [1.82, 2.24) is 9.13 Å². The molecule has 0 radical (unpaired) electrons. The summed E-state index contributed by atoms with van der Waals surface area (Å²) in [7, 11) is -2.88. The van der Waals surface area contributed by atoms with Gasteiger partial charge in [0.1, 0.15) is 18.1 Å². The Bertz CT molecular complexity index is 1720. The van der Waals surface area contributed by atoms with Crippen molar-refractivity contribution >= 4 is 22.5 Å². The first-order valence-corrected chi connectivity index (χ1v) is 22.1. The van der Waals surface area contributed by atoms with Crippen molar-refractivity contribution < 1.29 is 23.1 Å². The number of carbonyl (C=O) groups is 1. The summed E-state index contributed by atoms with van der Waals surface area (Å²) >= 11 is 0. The lowest BCUT2D eigenvalue weighted by Gasteiger charge is -2.40. The molecule has 4 rings (SSSR count). The van der Waals surface area contributed by atoms with E-state index in [9.17, 15) is 14.4 Å². The van der Waals surface area contributed by atoms with Crippen molar-refractivity contribution in [1.29, 1.82) is 0 Å². The fraction of sp³-hybridized carbons (Fsp3) is 0.528. The van der Waals surface area contributed by atoms with Gasteiger partial charge in [0.25, 0.3) is 11.5 Å². The number of aromatic nitrogens is 2. The molecule has 0 N–H and O–H groups in total. The molecule has 0 unspecified atom stereocenters. The summed E-state index contributed by atoms with van der Waals surface area (Å²) in [6, 6.07) is 15.5. The zero-order chi connectivity index (χ0) is 35.1. The average Bonchev–Trinajstić information content (AvgIpc) is 3.38. The molecular formula is C36H52N2O7Si2. The van der Waals surface area contributed by atoms with Crippen LogP contribution in [-0.2, 0) is 13.6 Å². The van der Waals surface area contributed by atoms with Gasteiger partial charge in [-0.15, -0.1) is 0 Å². The molecule has 2 heterocycles. The maximum Gasteiger partial charge on any atom is 0.340 e. The molecule has 1 saturated heterocycles. The van der Waals surface area contributed by atoms with E-state index in [1.165, 1.54) is 4.57 Å². The van der Waals surface area contributed by atoms with E-state index in [2.05, 4.69) is 67.7 Å². The van der Waals surface area contributed by atoms with Gasteiger partial charge in [-0.2, -0.15) is 4.57 Å². The van der Waals surface area contributed by atoms with Crippen LogP contribution in [0, 0.1) is 6.92 Å². The van der Waals surface area contributed by atoms with Gasteiger partial charge in [-0.1, -0.05) is 71.9 Å². The third-order valence-electron chi connectivity index (χ3n) is 10.2. The zero-order valence-electron chi connectivity index (χ0n) is 30.1. The van der Waals surface area contributed by atoms with Crippen molar-refractivity contribution in [2.45, 2.75) is 110 Å². The van der Waals surface area contributed by atoms with Gasteiger partial charge >= 0.3 is 5.69 Å². The van der Waals surface area contributed by atoms with Crippen LogP contribution in [0.2, 0.25) is 36.3 Å². The van der Waals surface area contributed by atoms with Crippen molar-refractivity contribution in [3.63, 3.8) is 0 Å². The van der Waals surface area contributed by atoms with Crippen LogP contribution in [0.5, 0.6) is 5.75 Å². The van der Waals surface area contributed by atoms with Gasteiger partial charge in [0.05, 0.1) is 25.5 Å². The Morgan fingerprint density at radius 2 is 1.53 bits per heavy atom. The number of hydrogen-bond acceptors (Lipinski definition) is 7. The molecule has 0 amide bonds. The highest BCUT2D eigenvalue weighted by Crippen LogP contribution is 2.43. The largest absolute Gasteiger partial charge is 0.497 e. The zero-order valence-corrected chi connectivity index (χ0v) is 32.1. The smallest absolute Gasteiger partial charge is 0.340 e. The van der Waals surface area contributed by atoms with Gasteiger partial charge in [-0.05, 0) is 67.5 Å². The van der Waals surface area contributed by atoms with Crippen LogP contribution in [0.15, 0.2) is 64.2 Å². The van der Waals surface area contributed by atoms with Crippen LogP contribution in [0.3, 0.4) is 0 Å². The number of methoxy groups -OCH3 is 1. The molecule has 1 aliphatic rings. The highest BCUT2D eigenvalue weighted by molar-refractivity contribution is 6.74. The van der Waals surface area contributed by atoms with Crippen LogP contribution in [-0.4, -0.2) is 57.6 Å². The third kappa shape index (κ3) is 7.49. The second-order valence-electron chi connectivity index (χ2n) is 15.5. The normalized spacial score (nSPS) is 19.2. The predicted octanol–water partition coefficient (Wildman–Crippen LogP) is 7.38. The summed E-state index contributed by atoms with van der Waals surface area (Å²) in [4.78, 5) is 42.2.